The van der Waals surface area contributed by atoms with Crippen molar-refractivity contribution in [3.63, 3.8) is 0 Å². The average molecular weight is 493 g/mol. The Balaban J connectivity index is 1.58. The molecular formula is C25H20N2O7S. The van der Waals surface area contributed by atoms with Crippen molar-refractivity contribution < 1.29 is 32.6 Å². The number of methoxy groups -OCH3 is 1. The molecule has 3 N–H and O–H groups in total. The summed E-state index contributed by atoms with van der Waals surface area (Å²) in [5.74, 6) is -2.86. The zero-order valence-electron chi connectivity index (χ0n) is 18.4. The van der Waals surface area contributed by atoms with Gasteiger partial charge in [0.05, 0.1) is 18.4 Å². The molecule has 0 bridgehead atoms. The minimum absolute atomic E-state index is 0.0906. The fourth-order valence-electron chi connectivity index (χ4n) is 3.50. The molecule has 10 heteroatoms. The summed E-state index contributed by atoms with van der Waals surface area (Å²) in [6.45, 7) is 0. The third-order valence-corrected chi connectivity index (χ3v) is 6.70. The van der Waals surface area contributed by atoms with Crippen molar-refractivity contribution >= 4 is 44.1 Å². The minimum atomic E-state index is -3.82. The molecule has 35 heavy (non-hydrogen) atoms. The lowest BCUT2D eigenvalue weighted by Gasteiger charge is -2.10. The van der Waals surface area contributed by atoms with Gasteiger partial charge in [0, 0.05) is 33.4 Å². The maximum absolute atomic E-state index is 12.8. The van der Waals surface area contributed by atoms with Crippen molar-refractivity contribution in [3.8, 4) is 17.0 Å². The molecule has 1 heterocycles. The molecule has 0 aliphatic carbocycles. The van der Waals surface area contributed by atoms with Crippen molar-refractivity contribution in [3.05, 3.63) is 78.4 Å². The predicted octanol–water partition coefficient (Wildman–Crippen LogP) is 3.87. The second-order valence-electron chi connectivity index (χ2n) is 7.68. The monoisotopic (exact) mass is 492 g/mol. The number of benzene rings is 3. The Bertz CT molecular complexity index is 1550. The lowest BCUT2D eigenvalue weighted by atomic mass is 10.0. The van der Waals surface area contributed by atoms with Crippen LogP contribution in [0.1, 0.15) is 16.8 Å². The lowest BCUT2D eigenvalue weighted by Crippen LogP contribution is -2.17. The standard InChI is InChI=1S/C25H20N2O7S/c1-34-19-6-8-20(9-7-19)35(32,33)27-18-4-2-3-15(12-18)22-13-17-11-16(5-10-21(17)26-22)23(28)14-24(29)25(30)31/h2-13,26-27H,14H2,1H3,(H,30,31). The molecule has 0 atom stereocenters. The summed E-state index contributed by atoms with van der Waals surface area (Å²) >= 11 is 0. The van der Waals surface area contributed by atoms with Gasteiger partial charge in [0.1, 0.15) is 5.75 Å². The first-order chi connectivity index (χ1) is 16.7. The van der Waals surface area contributed by atoms with Gasteiger partial charge in [-0.15, -0.1) is 0 Å². The van der Waals surface area contributed by atoms with Gasteiger partial charge in [-0.2, -0.15) is 0 Å². The molecule has 4 rings (SSSR count). The summed E-state index contributed by atoms with van der Waals surface area (Å²) in [7, 11) is -2.32. The van der Waals surface area contributed by atoms with Crippen LogP contribution >= 0.6 is 0 Å². The fourth-order valence-corrected chi connectivity index (χ4v) is 4.55. The van der Waals surface area contributed by atoms with E-state index < -0.39 is 34.0 Å². The molecule has 178 valence electrons. The van der Waals surface area contributed by atoms with E-state index in [-0.39, 0.29) is 10.5 Å². The topological polar surface area (TPSA) is 143 Å². The van der Waals surface area contributed by atoms with Crippen LogP contribution in [0.5, 0.6) is 5.75 Å². The maximum Gasteiger partial charge on any atom is 0.372 e. The van der Waals surface area contributed by atoms with E-state index >= 15 is 0 Å². The van der Waals surface area contributed by atoms with Crippen LogP contribution in [0.2, 0.25) is 0 Å². The van der Waals surface area contributed by atoms with Gasteiger partial charge in [-0.25, -0.2) is 13.2 Å². The van der Waals surface area contributed by atoms with Gasteiger partial charge < -0.3 is 14.8 Å². The van der Waals surface area contributed by atoms with E-state index in [1.807, 2.05) is 0 Å². The third kappa shape index (κ3) is 5.22. The van der Waals surface area contributed by atoms with Crippen molar-refractivity contribution in [1.29, 1.82) is 0 Å². The normalized spacial score (nSPS) is 11.2. The molecule has 9 nitrogen and oxygen atoms in total. The molecule has 0 aliphatic rings. The first-order valence-electron chi connectivity index (χ1n) is 10.4. The maximum atomic E-state index is 12.8. The van der Waals surface area contributed by atoms with Gasteiger partial charge in [0.15, 0.2) is 5.78 Å². The molecule has 4 aromatic rings. The van der Waals surface area contributed by atoms with E-state index in [4.69, 9.17) is 9.84 Å². The van der Waals surface area contributed by atoms with Crippen LogP contribution in [0.25, 0.3) is 22.2 Å². The molecule has 0 radical (unpaired) electrons. The Morgan fingerprint density at radius 1 is 0.971 bits per heavy atom. The average Bonchev–Trinajstić information content (AvgIpc) is 3.27. The van der Waals surface area contributed by atoms with E-state index in [1.54, 1.807) is 54.6 Å². The number of carbonyl (C=O) groups is 3. The number of carbonyl (C=O) groups excluding carboxylic acids is 2. The van der Waals surface area contributed by atoms with E-state index in [1.165, 1.54) is 25.3 Å². The van der Waals surface area contributed by atoms with Gasteiger partial charge >= 0.3 is 5.97 Å². The number of Topliss-reactive ketones (excluding diaryl/α,β-unsaturated/α-hetero) is 2. The van der Waals surface area contributed by atoms with E-state index in [2.05, 4.69) is 9.71 Å². The number of carboxylic acids is 1. The number of aliphatic carboxylic acids is 1. The molecule has 0 saturated heterocycles. The quantitative estimate of drug-likeness (QED) is 0.183. The zero-order chi connectivity index (χ0) is 25.2. The Hall–Kier alpha value is -4.44. The van der Waals surface area contributed by atoms with E-state index in [0.29, 0.717) is 33.6 Å². The third-order valence-electron chi connectivity index (χ3n) is 5.30. The van der Waals surface area contributed by atoms with Crippen LogP contribution in [0.4, 0.5) is 5.69 Å². The predicted molar refractivity (Wildman–Crippen MR) is 129 cm³/mol. The van der Waals surface area contributed by atoms with Crippen LogP contribution in [-0.2, 0) is 19.6 Å². The number of hydrogen-bond donors (Lipinski definition) is 3. The largest absolute Gasteiger partial charge is 0.497 e. The van der Waals surface area contributed by atoms with Crippen molar-refractivity contribution in [2.75, 3.05) is 11.8 Å². The Morgan fingerprint density at radius 2 is 1.71 bits per heavy atom. The van der Waals surface area contributed by atoms with Crippen molar-refractivity contribution in [2.45, 2.75) is 11.3 Å². The summed E-state index contributed by atoms with van der Waals surface area (Å²) in [6.07, 6.45) is -0.714. The van der Waals surface area contributed by atoms with Gasteiger partial charge in [-0.1, -0.05) is 12.1 Å². The second kappa shape index (κ2) is 9.43. The van der Waals surface area contributed by atoms with Crippen LogP contribution < -0.4 is 9.46 Å². The highest BCUT2D eigenvalue weighted by Crippen LogP contribution is 2.28. The van der Waals surface area contributed by atoms with Crippen molar-refractivity contribution in [1.82, 2.24) is 4.98 Å². The number of sulfonamides is 1. The van der Waals surface area contributed by atoms with Gasteiger partial charge in [0.25, 0.3) is 10.0 Å². The molecule has 0 aliphatic heterocycles. The lowest BCUT2D eigenvalue weighted by molar-refractivity contribution is -0.148. The molecule has 0 fully saturated rings. The number of rotatable bonds is 9. The fraction of sp³-hybridized carbons (Fsp3) is 0.0800. The van der Waals surface area contributed by atoms with Crippen molar-refractivity contribution in [2.24, 2.45) is 0 Å². The Labute approximate surface area is 200 Å². The number of ether oxygens (including phenoxy) is 1. The molecule has 0 spiro atoms. The number of aromatic nitrogens is 1. The SMILES string of the molecule is COc1ccc(S(=O)(=O)Nc2cccc(-c3cc4cc(C(=O)CC(=O)C(=O)O)ccc4[nH]3)c2)cc1. The zero-order valence-corrected chi connectivity index (χ0v) is 19.3. The van der Waals surface area contributed by atoms with E-state index in [9.17, 15) is 22.8 Å². The molecular weight excluding hydrogens is 472 g/mol. The molecule has 0 amide bonds. The highest BCUT2D eigenvalue weighted by molar-refractivity contribution is 7.92. The van der Waals surface area contributed by atoms with Crippen LogP contribution in [0.15, 0.2) is 77.7 Å². The molecule has 3 aromatic carbocycles. The number of fused-ring (bicyclic) bond motifs is 1. The van der Waals surface area contributed by atoms with Crippen LogP contribution in [-0.4, -0.2) is 43.2 Å². The summed E-state index contributed by atoms with van der Waals surface area (Å²) < 4.78 is 33.1. The summed E-state index contributed by atoms with van der Waals surface area (Å²) in [4.78, 5) is 37.6. The highest BCUT2D eigenvalue weighted by atomic mass is 32.2. The van der Waals surface area contributed by atoms with Crippen LogP contribution in [0.3, 0.4) is 0 Å². The Morgan fingerprint density at radius 3 is 2.40 bits per heavy atom. The molecule has 1 aromatic heterocycles. The number of aromatic amines is 1. The van der Waals surface area contributed by atoms with Crippen LogP contribution in [0, 0.1) is 0 Å². The molecule has 0 unspecified atom stereocenters. The summed E-state index contributed by atoms with van der Waals surface area (Å²) in [5.41, 5.74) is 2.67. The number of nitrogens with one attached hydrogen (secondary N) is 2. The van der Waals surface area contributed by atoms with Gasteiger partial charge in [-0.3, -0.25) is 14.3 Å². The smallest absolute Gasteiger partial charge is 0.372 e. The summed E-state index contributed by atoms with van der Waals surface area (Å²) in [5, 5.41) is 9.38. The summed E-state index contributed by atoms with van der Waals surface area (Å²) in [6, 6.07) is 19.4. The van der Waals surface area contributed by atoms with Gasteiger partial charge in [-0.05, 0) is 60.7 Å². The van der Waals surface area contributed by atoms with Gasteiger partial charge in [0.2, 0.25) is 5.78 Å². The second-order valence-corrected chi connectivity index (χ2v) is 9.36. The number of hydrogen-bond acceptors (Lipinski definition) is 6. The number of ketones is 2. The highest BCUT2D eigenvalue weighted by Gasteiger charge is 2.19. The first kappa shape index (κ1) is 23.7. The minimum Gasteiger partial charge on any atom is -0.497 e. The first-order valence-corrected chi connectivity index (χ1v) is 11.8. The Kier molecular flexibility index (Phi) is 6.39. The molecule has 0 saturated carbocycles. The van der Waals surface area contributed by atoms with E-state index in [0.717, 1.165) is 0 Å². The number of H-pyrrole nitrogens is 1. The number of anilines is 1. The number of carboxylic acid groups (broad SMARTS) is 1.